The lowest BCUT2D eigenvalue weighted by Gasteiger charge is -2.34. The topological polar surface area (TPSA) is 34.0 Å². The Morgan fingerprint density at radius 2 is 1.32 bits per heavy atom. The molecule has 0 aliphatic carbocycles. The van der Waals surface area contributed by atoms with Gasteiger partial charge in [0, 0.05) is 46.0 Å². The smallest absolute Gasteiger partial charge is 0.160 e. The summed E-state index contributed by atoms with van der Waals surface area (Å²) in [7, 11) is 0. The molecule has 0 spiro atoms. The molecule has 1 unspecified atom stereocenters. The third-order valence-corrected chi connectivity index (χ3v) is 8.37. The van der Waals surface area contributed by atoms with Crippen molar-refractivity contribution in [2.24, 2.45) is 0 Å². The number of para-hydroxylation sites is 1. The van der Waals surface area contributed by atoms with Gasteiger partial charge in [0.15, 0.2) is 5.82 Å². The van der Waals surface area contributed by atoms with Crippen molar-refractivity contribution in [3.05, 3.63) is 127 Å². The summed E-state index contributed by atoms with van der Waals surface area (Å²) in [5, 5.41) is 1.38. The van der Waals surface area contributed by atoms with Gasteiger partial charge in [-0.25, -0.2) is 9.97 Å². The van der Waals surface area contributed by atoms with Crippen molar-refractivity contribution in [3.63, 3.8) is 0 Å². The van der Waals surface area contributed by atoms with E-state index in [1.807, 2.05) is 24.3 Å². The first kappa shape index (κ1) is 25.4. The monoisotopic (exact) mass is 534 g/mol. The van der Waals surface area contributed by atoms with Crippen LogP contribution in [-0.2, 0) is 6.42 Å². The Kier molecular flexibility index (Phi) is 6.69. The molecule has 4 heteroatoms. The summed E-state index contributed by atoms with van der Waals surface area (Å²) >= 11 is 0. The van der Waals surface area contributed by atoms with E-state index < -0.39 is 0 Å². The fourth-order valence-electron chi connectivity index (χ4n) is 6.37. The van der Waals surface area contributed by atoms with Gasteiger partial charge in [0.2, 0.25) is 0 Å². The van der Waals surface area contributed by atoms with Gasteiger partial charge in [-0.2, -0.15) is 0 Å². The molecular formula is C37H34N4. The molecule has 1 aliphatic rings. The van der Waals surface area contributed by atoms with Gasteiger partial charge in [0.05, 0.1) is 16.9 Å². The Balaban J connectivity index is 1.34. The van der Waals surface area contributed by atoms with Crippen LogP contribution in [-0.4, -0.2) is 32.5 Å². The van der Waals surface area contributed by atoms with E-state index in [2.05, 4.69) is 114 Å². The highest BCUT2D eigenvalue weighted by molar-refractivity contribution is 5.88. The van der Waals surface area contributed by atoms with Crippen LogP contribution in [0.1, 0.15) is 37.6 Å². The van der Waals surface area contributed by atoms with Crippen molar-refractivity contribution in [3.8, 4) is 39.6 Å². The second kappa shape index (κ2) is 10.8. The zero-order chi connectivity index (χ0) is 27.8. The summed E-state index contributed by atoms with van der Waals surface area (Å²) < 4.78 is 2.49. The summed E-state index contributed by atoms with van der Waals surface area (Å²) in [6, 6.07) is 40.9. The Labute approximate surface area is 242 Å². The molecule has 0 saturated heterocycles. The summed E-state index contributed by atoms with van der Waals surface area (Å²) in [5.41, 5.74) is 10.4. The van der Waals surface area contributed by atoms with Gasteiger partial charge in [-0.1, -0.05) is 97.9 Å². The minimum Gasteiger partial charge on any atom is -0.312 e. The van der Waals surface area contributed by atoms with Gasteiger partial charge < -0.3 is 4.57 Å². The first-order valence-corrected chi connectivity index (χ1v) is 14.7. The lowest BCUT2D eigenvalue weighted by molar-refractivity contribution is 0.194. The van der Waals surface area contributed by atoms with Crippen molar-refractivity contribution < 1.29 is 0 Å². The summed E-state index contributed by atoms with van der Waals surface area (Å²) in [5.74, 6) is 0.737. The number of benzene rings is 4. The molecule has 2 aromatic heterocycles. The minimum absolute atomic E-state index is 0.370. The number of hydrogen-bond acceptors (Lipinski definition) is 3. The highest BCUT2D eigenvalue weighted by Crippen LogP contribution is 2.39. The lowest BCUT2D eigenvalue weighted by Crippen LogP contribution is -2.35. The summed E-state index contributed by atoms with van der Waals surface area (Å²) in [6.07, 6.45) is 2.26. The van der Waals surface area contributed by atoms with Crippen LogP contribution in [0.4, 0.5) is 0 Å². The second-order valence-corrected chi connectivity index (χ2v) is 10.9. The van der Waals surface area contributed by atoms with Crippen LogP contribution in [0.25, 0.3) is 50.5 Å². The molecule has 0 radical (unpaired) electrons. The van der Waals surface area contributed by atoms with Crippen molar-refractivity contribution in [2.75, 3.05) is 13.1 Å². The molecule has 0 bridgehead atoms. The zero-order valence-corrected chi connectivity index (χ0v) is 23.7. The number of hydrogen-bond donors (Lipinski definition) is 0. The maximum absolute atomic E-state index is 5.03. The molecule has 0 saturated carbocycles. The van der Waals surface area contributed by atoms with Gasteiger partial charge in [0.1, 0.15) is 0 Å². The van der Waals surface area contributed by atoms with E-state index >= 15 is 0 Å². The van der Waals surface area contributed by atoms with E-state index in [9.17, 15) is 0 Å². The van der Waals surface area contributed by atoms with Crippen LogP contribution in [0.2, 0.25) is 0 Å². The molecular weight excluding hydrogens is 500 g/mol. The molecule has 4 nitrogen and oxygen atoms in total. The number of nitrogens with zero attached hydrogens (tertiary/aromatic N) is 4. The molecule has 6 aromatic rings. The van der Waals surface area contributed by atoms with E-state index in [0.717, 1.165) is 53.4 Å². The molecule has 1 aliphatic heterocycles. The number of aromatic nitrogens is 3. The Hall–Kier alpha value is -4.54. The maximum atomic E-state index is 5.03. The molecule has 0 amide bonds. The lowest BCUT2D eigenvalue weighted by atomic mass is 9.98. The number of fused-ring (bicyclic) bond motifs is 3. The predicted molar refractivity (Wildman–Crippen MR) is 169 cm³/mol. The predicted octanol–water partition coefficient (Wildman–Crippen LogP) is 8.75. The normalized spacial score (nSPS) is 15.2. The summed E-state index contributed by atoms with van der Waals surface area (Å²) in [4.78, 5) is 12.6. The van der Waals surface area contributed by atoms with E-state index in [-0.39, 0.29) is 0 Å². The van der Waals surface area contributed by atoms with Crippen LogP contribution in [0, 0.1) is 0 Å². The Morgan fingerprint density at radius 1 is 0.707 bits per heavy atom. The second-order valence-electron chi connectivity index (χ2n) is 10.9. The summed E-state index contributed by atoms with van der Waals surface area (Å²) in [6.45, 7) is 6.89. The molecule has 0 fully saturated rings. The van der Waals surface area contributed by atoms with E-state index in [0.29, 0.717) is 6.04 Å². The van der Waals surface area contributed by atoms with E-state index in [1.54, 1.807) is 0 Å². The van der Waals surface area contributed by atoms with Gasteiger partial charge in [-0.15, -0.1) is 0 Å². The van der Waals surface area contributed by atoms with Crippen LogP contribution < -0.4 is 0 Å². The quantitative estimate of drug-likeness (QED) is 0.214. The third kappa shape index (κ3) is 4.64. The van der Waals surface area contributed by atoms with E-state index in [4.69, 9.17) is 9.97 Å². The van der Waals surface area contributed by atoms with Crippen LogP contribution >= 0.6 is 0 Å². The highest BCUT2D eigenvalue weighted by atomic mass is 15.2. The van der Waals surface area contributed by atoms with Gasteiger partial charge in [0.25, 0.3) is 0 Å². The molecule has 1 atom stereocenters. The average Bonchev–Trinajstić information content (AvgIpc) is 3.38. The SMILES string of the molecule is CCCN1CCc2c(n(-c3ccc(-c4cc(-c5ccccc5)nc(-c5ccccc5)n4)cc3)c3ccccc23)C1C. The van der Waals surface area contributed by atoms with Gasteiger partial charge in [-0.05, 0) is 56.1 Å². The number of rotatable bonds is 6. The fourth-order valence-corrected chi connectivity index (χ4v) is 6.37. The van der Waals surface area contributed by atoms with Crippen molar-refractivity contribution >= 4 is 10.9 Å². The molecule has 41 heavy (non-hydrogen) atoms. The molecule has 202 valence electrons. The molecule has 4 aromatic carbocycles. The van der Waals surface area contributed by atoms with Gasteiger partial charge in [-0.3, -0.25) is 4.90 Å². The third-order valence-electron chi connectivity index (χ3n) is 8.37. The van der Waals surface area contributed by atoms with Crippen LogP contribution in [0.5, 0.6) is 0 Å². The molecule has 7 rings (SSSR count). The Bertz CT molecular complexity index is 1750. The van der Waals surface area contributed by atoms with Gasteiger partial charge >= 0.3 is 0 Å². The highest BCUT2D eigenvalue weighted by Gasteiger charge is 2.30. The fraction of sp³-hybridized carbons (Fsp3) is 0.189. The van der Waals surface area contributed by atoms with Crippen LogP contribution in [0.3, 0.4) is 0 Å². The molecule has 3 heterocycles. The minimum atomic E-state index is 0.370. The largest absolute Gasteiger partial charge is 0.312 e. The standard InChI is InChI=1S/C37H34N4/c1-3-23-40-24-22-32-31-16-10-11-17-35(31)41(36(32)26(40)2)30-20-18-28(19-21-30)34-25-33(27-12-6-4-7-13-27)38-37(39-34)29-14-8-5-9-15-29/h4-21,25-26H,3,22-24H2,1-2H3. The zero-order valence-electron chi connectivity index (χ0n) is 23.7. The Morgan fingerprint density at radius 3 is 2.00 bits per heavy atom. The van der Waals surface area contributed by atoms with Crippen molar-refractivity contribution in [1.82, 2.24) is 19.4 Å². The van der Waals surface area contributed by atoms with Crippen molar-refractivity contribution in [2.45, 2.75) is 32.7 Å². The molecule has 0 N–H and O–H groups in total. The first-order chi connectivity index (χ1) is 20.2. The van der Waals surface area contributed by atoms with Crippen molar-refractivity contribution in [1.29, 1.82) is 0 Å². The first-order valence-electron chi connectivity index (χ1n) is 14.7. The van der Waals surface area contributed by atoms with E-state index in [1.165, 1.54) is 34.3 Å². The van der Waals surface area contributed by atoms with Crippen LogP contribution in [0.15, 0.2) is 115 Å². The maximum Gasteiger partial charge on any atom is 0.160 e. The average molecular weight is 535 g/mol.